The molecule has 39 heavy (non-hydrogen) atoms. The van der Waals surface area contributed by atoms with E-state index in [0.29, 0.717) is 31.2 Å². The van der Waals surface area contributed by atoms with Gasteiger partial charge in [0, 0.05) is 117 Å². The Morgan fingerprint density at radius 1 is 0.872 bits per heavy atom. The van der Waals surface area contributed by atoms with E-state index in [0.717, 1.165) is 0 Å². The zero-order valence-corrected chi connectivity index (χ0v) is 39.4. The van der Waals surface area contributed by atoms with Gasteiger partial charge < -0.3 is 50.3 Å². The summed E-state index contributed by atoms with van der Waals surface area (Å²) in [5, 5.41) is 31.9. The molecule has 0 amide bonds. The van der Waals surface area contributed by atoms with Crippen LogP contribution in [-0.2, 0) is 9.68 Å². The van der Waals surface area contributed by atoms with Crippen molar-refractivity contribution in [2.75, 3.05) is 76.3 Å². The predicted molar refractivity (Wildman–Crippen MR) is 172 cm³/mol. The van der Waals surface area contributed by atoms with Crippen molar-refractivity contribution in [3.8, 4) is 12.0 Å². The molecule has 217 valence electrons. The minimum atomic E-state index is -0.227. The van der Waals surface area contributed by atoms with Crippen molar-refractivity contribution >= 4 is 156 Å². The monoisotopic (exact) mass is 1170 g/mol. The molecule has 0 saturated carbocycles. The van der Waals surface area contributed by atoms with Gasteiger partial charge in [-0.3, -0.25) is 4.79 Å². The summed E-state index contributed by atoms with van der Waals surface area (Å²) in [7, 11) is 9.65. The number of nitrogens with one attached hydrogen (secondary N) is 2. The quantitative estimate of drug-likeness (QED) is 0.0460. The Hall–Kier alpha value is 3.09. The van der Waals surface area contributed by atoms with E-state index in [9.17, 15) is 0 Å². The molecule has 1 radical (unpaired) electrons. The minimum Gasteiger partial charge on any atom is -0.662 e. The predicted octanol–water partition coefficient (Wildman–Crippen LogP) is -5.78. The van der Waals surface area contributed by atoms with Gasteiger partial charge in [-0.25, -0.2) is 0 Å². The first-order valence-electron chi connectivity index (χ1n) is 9.08. The Morgan fingerprint density at radius 2 is 1.18 bits per heavy atom. The molecule has 0 aliphatic carbocycles. The van der Waals surface area contributed by atoms with Gasteiger partial charge in [0.05, 0.1) is 14.2 Å². The summed E-state index contributed by atoms with van der Waals surface area (Å²) in [4.78, 5) is 37.9. The molecule has 0 aliphatic heterocycles. The molecule has 17 nitrogen and oxygen atoms in total. The molecule has 0 fully saturated rings. The maximum atomic E-state index is 8.96. The van der Waals surface area contributed by atoms with Crippen LogP contribution in [0.3, 0.4) is 0 Å². The number of rotatable bonds is 9. The SMILES string of the molecule is CNc1nc(NC)nc(OC)n1.COc1nc(N(C)CO)nc(N(C)CO)n1.II.I[I-]I.O=CO[O-].[K+].[K]. The minimum absolute atomic E-state index is 0. The molecular formula is C15H27I5K2N10O7-. The van der Waals surface area contributed by atoms with Crippen LogP contribution in [-0.4, -0.2) is 154 Å². The maximum absolute atomic E-state index is 8.96. The molecular weight excluding hydrogens is 1140 g/mol. The van der Waals surface area contributed by atoms with E-state index in [-0.39, 0.29) is 141 Å². The van der Waals surface area contributed by atoms with Crippen LogP contribution in [0, 0.1) is 0 Å². The number of anilines is 4. The summed E-state index contributed by atoms with van der Waals surface area (Å²) in [6.45, 7) is -0.634. The third-order valence-electron chi connectivity index (χ3n) is 3.16. The van der Waals surface area contributed by atoms with Crippen molar-refractivity contribution in [3.05, 3.63) is 0 Å². The first kappa shape index (κ1) is 51.7. The number of halogens is 5. The molecule has 0 spiro atoms. The number of ether oxygens (including phenoxy) is 2. The molecule has 4 N–H and O–H groups in total. The fraction of sp³-hybridized carbons (Fsp3) is 0.533. The number of carbonyl (C=O) groups excluding carboxylic acids is 1. The van der Waals surface area contributed by atoms with E-state index in [1.165, 1.54) is 24.0 Å². The number of aliphatic hydroxyl groups is 2. The molecule has 0 aromatic carbocycles. The number of hydrogen-bond donors (Lipinski definition) is 4. The van der Waals surface area contributed by atoms with Gasteiger partial charge in [-0.2, -0.15) is 29.9 Å². The molecule has 2 rings (SSSR count). The van der Waals surface area contributed by atoms with Crippen LogP contribution in [0.5, 0.6) is 12.0 Å². The zero-order chi connectivity index (χ0) is 29.2. The largest absolute Gasteiger partial charge is 1.00 e. The summed E-state index contributed by atoms with van der Waals surface area (Å²) in [6.07, 6.45) is 0. The molecule has 2 aromatic rings. The molecule has 0 aliphatic rings. The van der Waals surface area contributed by atoms with Crippen molar-refractivity contribution in [2.24, 2.45) is 0 Å². The van der Waals surface area contributed by atoms with E-state index in [1.54, 1.807) is 28.2 Å². The Balaban J connectivity index is -0.000000148. The first-order valence-corrected chi connectivity index (χ1v) is 27.9. The number of hydrogen-bond acceptors (Lipinski definition) is 17. The second-order valence-corrected chi connectivity index (χ2v) is 21.6. The number of aromatic nitrogens is 6. The molecule has 24 heteroatoms. The van der Waals surface area contributed by atoms with Gasteiger partial charge in [-0.15, -0.1) is 0 Å². The topological polar surface area (TPSA) is 216 Å². The van der Waals surface area contributed by atoms with Gasteiger partial charge in [-0.1, -0.05) is 0 Å². The molecule has 0 bridgehead atoms. The number of carbonyl (C=O) groups is 1. The standard InChI is InChI=1S/C8H15N5O3.C6H11N5O.CH2O3.I3.I2.2K/c1-12(4-14)6-9-7(13(2)5-15)11-8(10-6)16-3;1-7-4-9-5(8-2)11-6(10-4)12-3;2-1-4-3;1-3-2;1-2;;/h14-15H,4-5H2,1-3H3;1-3H3,(H2,7,8,9,10,11);1,3H;;;;/q;;;-1;;;+1/p-1. The van der Waals surface area contributed by atoms with E-state index in [1.807, 2.05) is 0 Å². The third-order valence-corrected chi connectivity index (χ3v) is 3.16. The summed E-state index contributed by atoms with van der Waals surface area (Å²) in [5.74, 6) is 1.49. The van der Waals surface area contributed by atoms with Gasteiger partial charge in [0.2, 0.25) is 23.8 Å². The second kappa shape index (κ2) is 37.3. The number of nitrogens with zero attached hydrogens (tertiary/aromatic N) is 8. The number of aliphatic hydroxyl groups excluding tert-OH is 2. The van der Waals surface area contributed by atoms with Crippen molar-refractivity contribution in [2.45, 2.75) is 0 Å². The van der Waals surface area contributed by atoms with Gasteiger partial charge >= 0.3 is 114 Å². The second-order valence-electron chi connectivity index (χ2n) is 5.32. The average Bonchev–Trinajstić information content (AvgIpc) is 2.97. The Bertz CT molecular complexity index is 765. The Morgan fingerprint density at radius 3 is 1.41 bits per heavy atom. The average molecular weight is 1170 g/mol. The van der Waals surface area contributed by atoms with E-state index in [2.05, 4.69) is 120 Å². The molecule has 0 unspecified atom stereocenters. The van der Waals surface area contributed by atoms with Crippen molar-refractivity contribution in [1.29, 1.82) is 0 Å². The molecule has 0 saturated heterocycles. The fourth-order valence-corrected chi connectivity index (χ4v) is 1.57. The van der Waals surface area contributed by atoms with Gasteiger partial charge in [0.15, 0.2) is 0 Å². The molecule has 2 heterocycles. The van der Waals surface area contributed by atoms with E-state index >= 15 is 0 Å². The van der Waals surface area contributed by atoms with Gasteiger partial charge in [0.25, 0.3) is 6.47 Å². The summed E-state index contributed by atoms with van der Waals surface area (Å²) in [6, 6.07) is 0.416. The van der Waals surface area contributed by atoms with E-state index < -0.39 is 0 Å². The maximum Gasteiger partial charge on any atom is 1.00 e. The van der Waals surface area contributed by atoms with Crippen LogP contribution in [0.4, 0.5) is 23.8 Å². The normalized spacial score (nSPS) is 8.23. The van der Waals surface area contributed by atoms with Crippen LogP contribution in [0.1, 0.15) is 0 Å². The van der Waals surface area contributed by atoms with Crippen LogP contribution in [0.2, 0.25) is 0 Å². The Kier molecular flexibility index (Phi) is 49.4. The van der Waals surface area contributed by atoms with Crippen LogP contribution < -0.4 is 99.8 Å². The molecule has 0 atom stereocenters. The van der Waals surface area contributed by atoms with Crippen LogP contribution >= 0.6 is 74.5 Å². The van der Waals surface area contributed by atoms with E-state index in [4.69, 9.17) is 29.7 Å². The third kappa shape index (κ3) is 27.2. The van der Waals surface area contributed by atoms with Crippen LogP contribution in [0.15, 0.2) is 0 Å². The molecule has 2 aromatic heterocycles. The number of methoxy groups -OCH3 is 2. The van der Waals surface area contributed by atoms with Crippen molar-refractivity contribution < 1.29 is 99.3 Å². The van der Waals surface area contributed by atoms with Crippen LogP contribution in [0.25, 0.3) is 0 Å². The summed E-state index contributed by atoms with van der Waals surface area (Å²) < 4.78 is 9.76. The summed E-state index contributed by atoms with van der Waals surface area (Å²) in [5.41, 5.74) is 0. The Labute approximate surface area is 365 Å². The van der Waals surface area contributed by atoms with Crippen molar-refractivity contribution in [3.63, 3.8) is 0 Å². The first-order chi connectivity index (χ1) is 17.7. The van der Waals surface area contributed by atoms with Gasteiger partial charge in [0.1, 0.15) is 13.5 Å². The smallest absolute Gasteiger partial charge is 0.662 e. The van der Waals surface area contributed by atoms with Crippen molar-refractivity contribution in [1.82, 2.24) is 29.9 Å². The zero-order valence-electron chi connectivity index (χ0n) is 22.4. The van der Waals surface area contributed by atoms with Gasteiger partial charge in [-0.05, 0) is 0 Å². The summed E-state index contributed by atoms with van der Waals surface area (Å²) >= 11 is 9.54. The fourth-order valence-electron chi connectivity index (χ4n) is 1.57.